The zero-order valence-electron chi connectivity index (χ0n) is 24.1. The van der Waals surface area contributed by atoms with E-state index in [1.165, 1.54) is 29.2 Å². The SMILES string of the molecule is Cc1ccc(S(=O)(=O)N(CC(=O)N(Cc2ccc(F)cc2)C(C)C(=O)NC2CCCC2)c2ccc(C)c(C)c2)cc1. The summed E-state index contributed by atoms with van der Waals surface area (Å²) >= 11 is 0. The van der Waals surface area contributed by atoms with Crippen LogP contribution in [0.4, 0.5) is 10.1 Å². The molecule has 3 aromatic carbocycles. The number of aryl methyl sites for hydroxylation is 3. The number of amides is 2. The second-order valence-corrected chi connectivity index (χ2v) is 12.8. The Kier molecular flexibility index (Phi) is 9.48. The van der Waals surface area contributed by atoms with Gasteiger partial charge in [-0.25, -0.2) is 12.8 Å². The Morgan fingerprint density at radius 1 is 0.927 bits per heavy atom. The minimum absolute atomic E-state index is 0.0176. The summed E-state index contributed by atoms with van der Waals surface area (Å²) in [5.41, 5.74) is 3.76. The van der Waals surface area contributed by atoms with Crippen molar-refractivity contribution in [3.63, 3.8) is 0 Å². The number of hydrogen-bond donors (Lipinski definition) is 1. The van der Waals surface area contributed by atoms with E-state index in [9.17, 15) is 22.4 Å². The maximum atomic E-state index is 14.0. The normalized spacial score (nSPS) is 14.5. The lowest BCUT2D eigenvalue weighted by Crippen LogP contribution is -2.52. The molecule has 1 atom stereocenters. The van der Waals surface area contributed by atoms with E-state index in [-0.39, 0.29) is 23.4 Å². The number of benzene rings is 3. The fraction of sp³-hybridized carbons (Fsp3) is 0.375. The minimum atomic E-state index is -4.14. The molecule has 1 unspecified atom stereocenters. The summed E-state index contributed by atoms with van der Waals surface area (Å²) in [4.78, 5) is 28.7. The molecule has 2 amide bonds. The average molecular weight is 580 g/mol. The Labute approximate surface area is 242 Å². The molecular formula is C32H38FN3O4S. The number of carbonyl (C=O) groups excluding carboxylic acids is 2. The van der Waals surface area contributed by atoms with Gasteiger partial charge in [-0.2, -0.15) is 0 Å². The molecule has 9 heteroatoms. The maximum Gasteiger partial charge on any atom is 0.264 e. The van der Waals surface area contributed by atoms with Crippen molar-refractivity contribution in [2.75, 3.05) is 10.8 Å². The van der Waals surface area contributed by atoms with Crippen molar-refractivity contribution in [2.24, 2.45) is 0 Å². The van der Waals surface area contributed by atoms with Gasteiger partial charge >= 0.3 is 0 Å². The molecule has 0 aliphatic heterocycles. The number of nitrogens with zero attached hydrogens (tertiary/aromatic N) is 2. The van der Waals surface area contributed by atoms with Gasteiger partial charge in [0.1, 0.15) is 18.4 Å². The van der Waals surface area contributed by atoms with E-state index in [0.29, 0.717) is 11.3 Å². The van der Waals surface area contributed by atoms with E-state index in [1.807, 2.05) is 26.8 Å². The molecule has 1 aliphatic carbocycles. The van der Waals surface area contributed by atoms with Crippen LogP contribution in [0.3, 0.4) is 0 Å². The molecule has 1 saturated carbocycles. The van der Waals surface area contributed by atoms with Crippen LogP contribution < -0.4 is 9.62 Å². The molecule has 0 aromatic heterocycles. The van der Waals surface area contributed by atoms with E-state index in [4.69, 9.17) is 0 Å². The highest BCUT2D eigenvalue weighted by molar-refractivity contribution is 7.92. The summed E-state index contributed by atoms with van der Waals surface area (Å²) in [5, 5.41) is 3.04. The van der Waals surface area contributed by atoms with Crippen molar-refractivity contribution < 1.29 is 22.4 Å². The van der Waals surface area contributed by atoms with Crippen molar-refractivity contribution >= 4 is 27.5 Å². The van der Waals surface area contributed by atoms with Gasteiger partial charge in [0.15, 0.2) is 0 Å². The second-order valence-electron chi connectivity index (χ2n) is 10.9. The Hall–Kier alpha value is -3.72. The number of anilines is 1. The lowest BCUT2D eigenvalue weighted by Gasteiger charge is -2.32. The van der Waals surface area contributed by atoms with Gasteiger partial charge in [0.25, 0.3) is 10.0 Å². The molecule has 41 heavy (non-hydrogen) atoms. The van der Waals surface area contributed by atoms with Crippen molar-refractivity contribution in [2.45, 2.75) is 76.9 Å². The molecule has 0 spiro atoms. The van der Waals surface area contributed by atoms with E-state index in [1.54, 1.807) is 43.3 Å². The quantitative estimate of drug-likeness (QED) is 0.348. The lowest BCUT2D eigenvalue weighted by molar-refractivity contribution is -0.139. The smallest absolute Gasteiger partial charge is 0.264 e. The summed E-state index contributed by atoms with van der Waals surface area (Å²) in [6, 6.07) is 16.6. The Morgan fingerprint density at radius 3 is 2.17 bits per heavy atom. The van der Waals surface area contributed by atoms with Gasteiger partial charge in [-0.15, -0.1) is 0 Å². The molecule has 0 radical (unpaired) electrons. The molecule has 0 heterocycles. The van der Waals surface area contributed by atoms with Gasteiger partial charge in [-0.1, -0.05) is 48.7 Å². The van der Waals surface area contributed by atoms with Gasteiger partial charge in [-0.3, -0.25) is 13.9 Å². The lowest BCUT2D eigenvalue weighted by atomic mass is 10.1. The van der Waals surface area contributed by atoms with E-state index in [2.05, 4.69) is 5.32 Å². The van der Waals surface area contributed by atoms with Crippen LogP contribution in [0.2, 0.25) is 0 Å². The average Bonchev–Trinajstić information content (AvgIpc) is 3.45. The van der Waals surface area contributed by atoms with Crippen LogP contribution in [0.1, 0.15) is 54.9 Å². The van der Waals surface area contributed by atoms with Crippen LogP contribution in [-0.2, 0) is 26.2 Å². The van der Waals surface area contributed by atoms with Gasteiger partial charge in [0.05, 0.1) is 10.6 Å². The number of halogens is 1. The van der Waals surface area contributed by atoms with E-state index < -0.39 is 34.3 Å². The monoisotopic (exact) mass is 579 g/mol. The van der Waals surface area contributed by atoms with Crippen LogP contribution >= 0.6 is 0 Å². The van der Waals surface area contributed by atoms with Gasteiger partial charge in [0, 0.05) is 12.6 Å². The third-order valence-electron chi connectivity index (χ3n) is 7.80. The molecule has 7 nitrogen and oxygen atoms in total. The van der Waals surface area contributed by atoms with E-state index in [0.717, 1.165) is 46.7 Å². The summed E-state index contributed by atoms with van der Waals surface area (Å²) in [6.07, 6.45) is 3.86. The predicted molar refractivity (Wildman–Crippen MR) is 158 cm³/mol. The fourth-order valence-corrected chi connectivity index (χ4v) is 6.41. The minimum Gasteiger partial charge on any atom is -0.352 e. The molecule has 0 saturated heterocycles. The Morgan fingerprint density at radius 2 is 1.56 bits per heavy atom. The zero-order valence-corrected chi connectivity index (χ0v) is 24.9. The van der Waals surface area contributed by atoms with Crippen molar-refractivity contribution in [3.8, 4) is 0 Å². The molecule has 218 valence electrons. The highest BCUT2D eigenvalue weighted by atomic mass is 32.2. The third kappa shape index (κ3) is 7.33. The third-order valence-corrected chi connectivity index (χ3v) is 9.59. The van der Waals surface area contributed by atoms with Crippen LogP contribution in [0.25, 0.3) is 0 Å². The summed E-state index contributed by atoms with van der Waals surface area (Å²) in [7, 11) is -4.14. The topological polar surface area (TPSA) is 86.8 Å². The second kappa shape index (κ2) is 12.9. The number of nitrogens with one attached hydrogen (secondary N) is 1. The first kappa shape index (κ1) is 30.2. The molecule has 3 aromatic rings. The van der Waals surface area contributed by atoms with Gasteiger partial charge in [0.2, 0.25) is 11.8 Å². The summed E-state index contributed by atoms with van der Waals surface area (Å²) in [6.45, 7) is 6.82. The van der Waals surface area contributed by atoms with Crippen LogP contribution in [0.5, 0.6) is 0 Å². The number of rotatable bonds is 10. The van der Waals surface area contributed by atoms with Gasteiger partial charge in [-0.05, 0) is 93.6 Å². The standard InChI is InChI=1S/C32H38FN3O4S/c1-22-9-17-30(18-10-22)41(39,40)36(29-16-11-23(2)24(3)19-29)21-31(37)35(20-26-12-14-27(33)15-13-26)25(4)32(38)34-28-7-5-6-8-28/h9-19,25,28H,5-8,20-21H2,1-4H3,(H,34,38). The van der Waals surface area contributed by atoms with Crippen LogP contribution in [-0.4, -0.2) is 43.8 Å². The number of carbonyl (C=O) groups is 2. The first-order valence-corrected chi connectivity index (χ1v) is 15.4. The number of hydrogen-bond acceptors (Lipinski definition) is 4. The predicted octanol–water partition coefficient (Wildman–Crippen LogP) is 5.42. The fourth-order valence-electron chi connectivity index (χ4n) is 5.01. The highest BCUT2D eigenvalue weighted by Crippen LogP contribution is 2.27. The zero-order chi connectivity index (χ0) is 29.7. The summed E-state index contributed by atoms with van der Waals surface area (Å²) in [5.74, 6) is -1.26. The molecule has 4 rings (SSSR count). The Balaban J connectivity index is 1.70. The Bertz CT molecular complexity index is 1480. The van der Waals surface area contributed by atoms with Crippen LogP contribution in [0, 0.1) is 26.6 Å². The first-order valence-electron chi connectivity index (χ1n) is 14.0. The van der Waals surface area contributed by atoms with Crippen LogP contribution in [0.15, 0.2) is 71.6 Å². The highest BCUT2D eigenvalue weighted by Gasteiger charge is 2.33. The van der Waals surface area contributed by atoms with Crippen molar-refractivity contribution in [1.82, 2.24) is 10.2 Å². The summed E-state index contributed by atoms with van der Waals surface area (Å²) < 4.78 is 42.6. The van der Waals surface area contributed by atoms with E-state index >= 15 is 0 Å². The largest absolute Gasteiger partial charge is 0.352 e. The molecule has 0 bridgehead atoms. The molecular weight excluding hydrogens is 541 g/mol. The molecule has 1 N–H and O–H groups in total. The van der Waals surface area contributed by atoms with Crippen molar-refractivity contribution in [3.05, 3.63) is 94.8 Å². The maximum absolute atomic E-state index is 14.0. The number of sulfonamides is 1. The van der Waals surface area contributed by atoms with Gasteiger partial charge < -0.3 is 10.2 Å². The van der Waals surface area contributed by atoms with Crippen molar-refractivity contribution in [1.29, 1.82) is 0 Å². The first-order chi connectivity index (χ1) is 19.5. The molecule has 1 aliphatic rings. The molecule has 1 fully saturated rings.